The first kappa shape index (κ1) is 27.2. The molecule has 2 aromatic rings. The van der Waals surface area contributed by atoms with E-state index in [4.69, 9.17) is 34.0 Å². The Morgan fingerprint density at radius 2 is 1.55 bits per heavy atom. The lowest BCUT2D eigenvalue weighted by atomic mass is 10.1. The molecule has 33 heavy (non-hydrogen) atoms. The molecule has 0 saturated carbocycles. The minimum Gasteiger partial charge on any atom is -0.497 e. The highest BCUT2D eigenvalue weighted by atomic mass is 16.5. The monoisotopic (exact) mass is 462 g/mol. The van der Waals surface area contributed by atoms with Crippen LogP contribution in [0.4, 0.5) is 5.69 Å². The predicted octanol–water partition coefficient (Wildman–Crippen LogP) is 2.37. The van der Waals surface area contributed by atoms with Crippen molar-refractivity contribution in [3.8, 4) is 17.2 Å². The average molecular weight is 462 g/mol. The first-order chi connectivity index (χ1) is 15.7. The first-order valence-corrected chi connectivity index (χ1v) is 9.99. The van der Waals surface area contributed by atoms with E-state index in [1.165, 1.54) is 5.56 Å². The maximum Gasteiger partial charge on any atom is 0.414 e. The van der Waals surface area contributed by atoms with Gasteiger partial charge in [-0.2, -0.15) is 0 Å². The molecule has 0 saturated heterocycles. The van der Waals surface area contributed by atoms with Gasteiger partial charge in [0.15, 0.2) is 11.5 Å². The number of anilines is 1. The van der Waals surface area contributed by atoms with E-state index in [1.807, 2.05) is 43.4 Å². The first-order valence-electron chi connectivity index (χ1n) is 9.99. The summed E-state index contributed by atoms with van der Waals surface area (Å²) in [5, 5.41) is 17.7. The number of likely N-dealkylation sites (N-methyl/N-ethyl adjacent to an activating group) is 1. The standard InChI is InChI=1S/C21H28N2O4.C2H2O4/c1-23(12-10-16-8-9-19(26-3)20(14-16)27-4)13-11-21(24)22-17-6-5-7-18(15-17)25-2;3-1(4)2(5)6/h5-9,14-15H,10-13H2,1-4H3,(H,22,24);(H,3,4)(H,5,6). The second-order valence-corrected chi connectivity index (χ2v) is 6.88. The number of hydrogen-bond acceptors (Lipinski definition) is 7. The van der Waals surface area contributed by atoms with E-state index in [0.29, 0.717) is 13.0 Å². The topological polar surface area (TPSA) is 135 Å². The summed E-state index contributed by atoms with van der Waals surface area (Å²) in [6, 6.07) is 13.3. The molecule has 0 bridgehead atoms. The number of carbonyl (C=O) groups is 3. The van der Waals surface area contributed by atoms with Crippen LogP contribution in [0.1, 0.15) is 12.0 Å². The quantitative estimate of drug-likeness (QED) is 0.455. The Bertz CT molecular complexity index is 920. The van der Waals surface area contributed by atoms with Crippen molar-refractivity contribution in [1.82, 2.24) is 4.90 Å². The summed E-state index contributed by atoms with van der Waals surface area (Å²) in [7, 11) is 6.88. The minimum absolute atomic E-state index is 0.0128. The Kier molecular flexibility index (Phi) is 11.8. The van der Waals surface area contributed by atoms with Gasteiger partial charge >= 0.3 is 11.9 Å². The van der Waals surface area contributed by atoms with Crippen LogP contribution in [-0.2, 0) is 20.8 Å². The fourth-order valence-corrected chi connectivity index (χ4v) is 2.68. The number of carbonyl (C=O) groups excluding carboxylic acids is 1. The van der Waals surface area contributed by atoms with E-state index in [-0.39, 0.29) is 5.91 Å². The lowest BCUT2D eigenvalue weighted by Crippen LogP contribution is -2.26. The average Bonchev–Trinajstić information content (AvgIpc) is 2.81. The molecule has 10 nitrogen and oxygen atoms in total. The number of nitrogens with zero attached hydrogens (tertiary/aromatic N) is 1. The molecule has 0 atom stereocenters. The Morgan fingerprint density at radius 3 is 2.12 bits per heavy atom. The molecule has 0 aliphatic heterocycles. The van der Waals surface area contributed by atoms with Crippen LogP contribution in [0.2, 0.25) is 0 Å². The number of carboxylic acid groups (broad SMARTS) is 2. The highest BCUT2D eigenvalue weighted by Crippen LogP contribution is 2.27. The van der Waals surface area contributed by atoms with Crippen LogP contribution in [0.25, 0.3) is 0 Å². The van der Waals surface area contributed by atoms with E-state index in [1.54, 1.807) is 27.4 Å². The van der Waals surface area contributed by atoms with Crippen molar-refractivity contribution >= 4 is 23.5 Å². The molecule has 0 fully saturated rings. The van der Waals surface area contributed by atoms with Gasteiger partial charge in [-0.25, -0.2) is 9.59 Å². The molecule has 0 aliphatic rings. The van der Waals surface area contributed by atoms with Gasteiger partial charge in [0.25, 0.3) is 0 Å². The second-order valence-electron chi connectivity index (χ2n) is 6.88. The van der Waals surface area contributed by atoms with Crippen molar-refractivity contribution in [2.45, 2.75) is 12.8 Å². The summed E-state index contributed by atoms with van der Waals surface area (Å²) in [4.78, 5) is 32.5. The highest BCUT2D eigenvalue weighted by Gasteiger charge is 2.08. The third-order valence-electron chi connectivity index (χ3n) is 4.49. The van der Waals surface area contributed by atoms with Gasteiger partial charge in [-0.15, -0.1) is 0 Å². The molecule has 0 radical (unpaired) electrons. The van der Waals surface area contributed by atoms with Gasteiger partial charge in [-0.05, 0) is 43.3 Å². The molecule has 0 unspecified atom stereocenters. The zero-order valence-corrected chi connectivity index (χ0v) is 19.2. The molecule has 2 rings (SSSR count). The Morgan fingerprint density at radius 1 is 0.879 bits per heavy atom. The van der Waals surface area contributed by atoms with Crippen LogP contribution in [0, 0.1) is 0 Å². The zero-order valence-electron chi connectivity index (χ0n) is 19.2. The van der Waals surface area contributed by atoms with Gasteiger partial charge in [-0.1, -0.05) is 12.1 Å². The number of rotatable bonds is 10. The van der Waals surface area contributed by atoms with Gasteiger partial charge in [-0.3, -0.25) is 4.79 Å². The number of ether oxygens (including phenoxy) is 3. The molecule has 0 aromatic heterocycles. The smallest absolute Gasteiger partial charge is 0.414 e. The van der Waals surface area contributed by atoms with Crippen molar-refractivity contribution in [3.05, 3.63) is 48.0 Å². The summed E-state index contributed by atoms with van der Waals surface area (Å²) >= 11 is 0. The molecule has 0 aliphatic carbocycles. The Labute approximate surface area is 192 Å². The van der Waals surface area contributed by atoms with Crippen LogP contribution >= 0.6 is 0 Å². The van der Waals surface area contributed by atoms with E-state index in [2.05, 4.69) is 10.2 Å². The van der Waals surface area contributed by atoms with Crippen molar-refractivity contribution in [2.24, 2.45) is 0 Å². The van der Waals surface area contributed by atoms with Crippen molar-refractivity contribution in [2.75, 3.05) is 46.8 Å². The van der Waals surface area contributed by atoms with Crippen molar-refractivity contribution in [3.63, 3.8) is 0 Å². The molecule has 0 heterocycles. The second kappa shape index (κ2) is 14.3. The largest absolute Gasteiger partial charge is 0.497 e. The summed E-state index contributed by atoms with van der Waals surface area (Å²) in [5.74, 6) is -1.48. The van der Waals surface area contributed by atoms with Crippen LogP contribution in [0.15, 0.2) is 42.5 Å². The van der Waals surface area contributed by atoms with E-state index >= 15 is 0 Å². The predicted molar refractivity (Wildman–Crippen MR) is 122 cm³/mol. The molecule has 3 N–H and O–H groups in total. The number of carboxylic acids is 2. The van der Waals surface area contributed by atoms with Crippen LogP contribution in [0.5, 0.6) is 17.2 Å². The third kappa shape index (κ3) is 10.4. The minimum atomic E-state index is -1.82. The lowest BCUT2D eigenvalue weighted by Gasteiger charge is -2.17. The normalized spacial score (nSPS) is 9.97. The van der Waals surface area contributed by atoms with Crippen LogP contribution < -0.4 is 19.5 Å². The molecule has 1 amide bonds. The Balaban J connectivity index is 0.000000801. The fraction of sp³-hybridized carbons (Fsp3) is 0.348. The Hall–Kier alpha value is -3.79. The number of hydrogen-bond donors (Lipinski definition) is 3. The van der Waals surface area contributed by atoms with Gasteiger partial charge in [0, 0.05) is 31.3 Å². The van der Waals surface area contributed by atoms with Gasteiger partial charge in [0.1, 0.15) is 5.75 Å². The van der Waals surface area contributed by atoms with E-state index < -0.39 is 11.9 Å². The number of nitrogens with one attached hydrogen (secondary N) is 1. The number of methoxy groups -OCH3 is 3. The van der Waals surface area contributed by atoms with Crippen LogP contribution in [-0.4, -0.2) is 74.4 Å². The fourth-order valence-electron chi connectivity index (χ4n) is 2.68. The van der Waals surface area contributed by atoms with Crippen molar-refractivity contribution in [1.29, 1.82) is 0 Å². The highest BCUT2D eigenvalue weighted by molar-refractivity contribution is 6.27. The number of amides is 1. The number of benzene rings is 2. The summed E-state index contributed by atoms with van der Waals surface area (Å²) in [6.45, 7) is 1.53. The lowest BCUT2D eigenvalue weighted by molar-refractivity contribution is -0.159. The zero-order chi connectivity index (χ0) is 24.8. The maximum absolute atomic E-state index is 12.1. The maximum atomic E-state index is 12.1. The molecule has 180 valence electrons. The molecule has 2 aromatic carbocycles. The van der Waals surface area contributed by atoms with E-state index in [0.717, 1.165) is 35.9 Å². The van der Waals surface area contributed by atoms with E-state index in [9.17, 15) is 4.79 Å². The van der Waals surface area contributed by atoms with Gasteiger partial charge in [0.05, 0.1) is 21.3 Å². The molecular formula is C23H30N2O8. The molecule has 10 heteroatoms. The van der Waals surface area contributed by atoms with Gasteiger partial charge in [0.2, 0.25) is 5.91 Å². The molecule has 0 spiro atoms. The third-order valence-corrected chi connectivity index (χ3v) is 4.49. The van der Waals surface area contributed by atoms with Crippen molar-refractivity contribution < 1.29 is 38.8 Å². The number of aliphatic carboxylic acids is 2. The SMILES string of the molecule is COc1cccc(NC(=O)CCN(C)CCc2ccc(OC)c(OC)c2)c1.O=C(O)C(=O)O. The van der Waals surface area contributed by atoms with Crippen LogP contribution in [0.3, 0.4) is 0 Å². The summed E-state index contributed by atoms with van der Waals surface area (Å²) in [6.07, 6.45) is 1.30. The summed E-state index contributed by atoms with van der Waals surface area (Å²) < 4.78 is 15.8. The molecular weight excluding hydrogens is 432 g/mol. The van der Waals surface area contributed by atoms with Gasteiger partial charge < -0.3 is 34.6 Å². The summed E-state index contributed by atoms with van der Waals surface area (Å²) in [5.41, 5.74) is 1.91.